The van der Waals surface area contributed by atoms with E-state index in [2.05, 4.69) is 0 Å². The van der Waals surface area contributed by atoms with Crippen LogP contribution in [0.2, 0.25) is 18.1 Å². The molecule has 0 fully saturated rings. The first-order valence-corrected chi connectivity index (χ1v) is 16.9. The van der Waals surface area contributed by atoms with Crippen molar-refractivity contribution >= 4 is 34.2 Å². The Labute approximate surface area is 194 Å². The zero-order valence-electron chi connectivity index (χ0n) is 20.5. The van der Waals surface area contributed by atoms with Crippen LogP contribution in [0, 0.1) is 0 Å². The largest absolute Gasteiger partial charge is 0.502 e. The lowest BCUT2D eigenvalue weighted by molar-refractivity contribution is 0.0870. The van der Waals surface area contributed by atoms with Crippen molar-refractivity contribution in [2.75, 3.05) is 83.8 Å². The van der Waals surface area contributed by atoms with E-state index in [1.165, 1.54) is 64.0 Å². The molecule has 0 aliphatic rings. The first-order valence-electron chi connectivity index (χ1n) is 9.67. The highest BCUT2D eigenvalue weighted by Crippen LogP contribution is 2.50. The lowest BCUT2D eigenvalue weighted by atomic mass is 10.9. The molecule has 0 spiro atoms. The quantitative estimate of drug-likeness (QED) is 0.154. The number of phosphoric acid groups is 1. The maximum absolute atomic E-state index is 13.3. The van der Waals surface area contributed by atoms with Crippen molar-refractivity contribution in [1.29, 1.82) is 0 Å². The minimum atomic E-state index is -4.01. The molecule has 194 valence electrons. The van der Waals surface area contributed by atoms with Crippen molar-refractivity contribution in [2.45, 2.75) is 18.1 Å². The maximum atomic E-state index is 13.3. The van der Waals surface area contributed by atoms with Crippen LogP contribution in [-0.2, 0) is 58.0 Å². The molecule has 0 heterocycles. The van der Waals surface area contributed by atoms with Gasteiger partial charge in [0, 0.05) is 82.1 Å². The lowest BCUT2D eigenvalue weighted by Crippen LogP contribution is -2.44. The molecule has 0 aromatic rings. The Balaban J connectivity index is 5.20. The minimum Gasteiger partial charge on any atom is -0.377 e. The summed E-state index contributed by atoms with van der Waals surface area (Å²) in [6.07, 6.45) is 0. The number of hydrogen-bond donors (Lipinski definition) is 0. The molecule has 13 nitrogen and oxygen atoms in total. The maximum Gasteiger partial charge on any atom is 0.502 e. The second kappa shape index (κ2) is 16.1. The molecule has 0 saturated heterocycles. The van der Waals surface area contributed by atoms with Crippen LogP contribution >= 0.6 is 7.82 Å². The smallest absolute Gasteiger partial charge is 0.377 e. The van der Waals surface area contributed by atoms with Gasteiger partial charge in [0.15, 0.2) is 0 Å². The predicted octanol–water partition coefficient (Wildman–Crippen LogP) is 1.78. The molecule has 0 rings (SSSR count). The summed E-state index contributed by atoms with van der Waals surface area (Å²) in [7, 11) is 0.438. The molecular formula is C15H39O13PSi3. The molecule has 17 heteroatoms. The minimum absolute atomic E-state index is 0.0537. The Hall–Kier alpha value is 0.401. The van der Waals surface area contributed by atoms with Crippen molar-refractivity contribution < 1.29 is 58.0 Å². The van der Waals surface area contributed by atoms with E-state index in [-0.39, 0.29) is 38.0 Å². The van der Waals surface area contributed by atoms with Gasteiger partial charge in [-0.3, -0.25) is 13.6 Å². The summed E-state index contributed by atoms with van der Waals surface area (Å²) in [6, 6.07) is 0.688. The molecule has 0 atom stereocenters. The molecule has 0 aliphatic heterocycles. The van der Waals surface area contributed by atoms with Crippen molar-refractivity contribution in [3.63, 3.8) is 0 Å². The topological polar surface area (TPSA) is 128 Å². The number of rotatable bonds is 21. The molecule has 0 aromatic carbocycles. The summed E-state index contributed by atoms with van der Waals surface area (Å²) in [5.41, 5.74) is 0. The predicted molar refractivity (Wildman–Crippen MR) is 120 cm³/mol. The van der Waals surface area contributed by atoms with Crippen LogP contribution < -0.4 is 0 Å². The van der Waals surface area contributed by atoms with Gasteiger partial charge >= 0.3 is 34.2 Å². The SMILES string of the molecule is CO[Si](CCOP(=O)(OCC[Si](OC)(OC)OC)OCC[Si](OC)(OC)OC)(OC)OC. The molecule has 0 N–H and O–H groups in total. The van der Waals surface area contributed by atoms with Crippen molar-refractivity contribution in [1.82, 2.24) is 0 Å². The van der Waals surface area contributed by atoms with Gasteiger partial charge in [-0.2, -0.15) is 0 Å². The van der Waals surface area contributed by atoms with Crippen LogP contribution in [0.25, 0.3) is 0 Å². The van der Waals surface area contributed by atoms with Gasteiger partial charge in [0.05, 0.1) is 19.8 Å². The molecule has 32 heavy (non-hydrogen) atoms. The van der Waals surface area contributed by atoms with E-state index in [9.17, 15) is 4.57 Å². The molecule has 0 aromatic heterocycles. The molecule has 0 radical (unpaired) electrons. The second-order valence-electron chi connectivity index (χ2n) is 6.08. The van der Waals surface area contributed by atoms with Crippen LogP contribution in [0.5, 0.6) is 0 Å². The standard InChI is InChI=1S/C15H39O13PSi3/c1-17-30(18-2,19-3)13-10-26-29(16,27-11-14-31(20-4,21-5)22-6)28-12-15-32(23-7,24-8)25-9/h10-15H2,1-9H3. The van der Waals surface area contributed by atoms with Crippen LogP contribution in [0.3, 0.4) is 0 Å². The number of hydrogen-bond acceptors (Lipinski definition) is 13. The Morgan fingerprint density at radius 3 is 0.781 bits per heavy atom. The fourth-order valence-corrected chi connectivity index (χ4v) is 8.70. The average molecular weight is 543 g/mol. The molecular weight excluding hydrogens is 503 g/mol. The zero-order valence-corrected chi connectivity index (χ0v) is 24.4. The van der Waals surface area contributed by atoms with Gasteiger partial charge in [-0.15, -0.1) is 0 Å². The van der Waals surface area contributed by atoms with Gasteiger partial charge in [0.2, 0.25) is 0 Å². The van der Waals surface area contributed by atoms with E-state index in [0.29, 0.717) is 0 Å². The lowest BCUT2D eigenvalue weighted by Gasteiger charge is -2.27. The Bertz CT molecular complexity index is 437. The van der Waals surface area contributed by atoms with E-state index < -0.39 is 34.2 Å². The molecule has 0 aliphatic carbocycles. The van der Waals surface area contributed by atoms with E-state index in [1.807, 2.05) is 0 Å². The molecule has 0 bridgehead atoms. The van der Waals surface area contributed by atoms with Crippen molar-refractivity contribution in [3.05, 3.63) is 0 Å². The van der Waals surface area contributed by atoms with Crippen LogP contribution in [0.4, 0.5) is 0 Å². The summed E-state index contributed by atoms with van der Waals surface area (Å²) < 4.78 is 77.9. The highest BCUT2D eigenvalue weighted by atomic mass is 31.2. The van der Waals surface area contributed by atoms with Crippen molar-refractivity contribution in [3.8, 4) is 0 Å². The fraction of sp³-hybridized carbons (Fsp3) is 1.00. The van der Waals surface area contributed by atoms with E-state index in [4.69, 9.17) is 53.4 Å². The van der Waals surface area contributed by atoms with Gasteiger partial charge in [-0.05, 0) is 0 Å². The fourth-order valence-electron chi connectivity index (χ4n) is 2.63. The summed E-state index contributed by atoms with van der Waals surface area (Å²) in [4.78, 5) is 0. The van der Waals surface area contributed by atoms with Gasteiger partial charge in [0.1, 0.15) is 0 Å². The summed E-state index contributed by atoms with van der Waals surface area (Å²) in [5, 5.41) is 0. The third-order valence-electron chi connectivity index (χ3n) is 4.77. The monoisotopic (exact) mass is 542 g/mol. The second-order valence-corrected chi connectivity index (χ2v) is 17.0. The highest BCUT2D eigenvalue weighted by Gasteiger charge is 2.42. The molecule has 0 unspecified atom stereocenters. The average Bonchev–Trinajstić information content (AvgIpc) is 2.83. The highest BCUT2D eigenvalue weighted by molar-refractivity contribution is 7.48. The van der Waals surface area contributed by atoms with Crippen LogP contribution in [-0.4, -0.2) is 110 Å². The normalized spacial score (nSPS) is 13.7. The summed E-state index contributed by atoms with van der Waals surface area (Å²) >= 11 is 0. The summed E-state index contributed by atoms with van der Waals surface area (Å²) in [6.45, 7) is -0.161. The molecule has 0 saturated carbocycles. The van der Waals surface area contributed by atoms with Gasteiger partial charge in [-0.1, -0.05) is 0 Å². The van der Waals surface area contributed by atoms with Crippen LogP contribution in [0.15, 0.2) is 0 Å². The number of phosphoric ester groups is 1. The first kappa shape index (κ1) is 32.4. The van der Waals surface area contributed by atoms with Gasteiger partial charge < -0.3 is 39.8 Å². The van der Waals surface area contributed by atoms with E-state index >= 15 is 0 Å². The van der Waals surface area contributed by atoms with E-state index in [1.54, 1.807) is 0 Å². The zero-order chi connectivity index (χ0) is 24.7. The van der Waals surface area contributed by atoms with Gasteiger partial charge in [0.25, 0.3) is 0 Å². The first-order chi connectivity index (χ1) is 15.2. The van der Waals surface area contributed by atoms with Crippen molar-refractivity contribution in [2.24, 2.45) is 0 Å². The van der Waals surface area contributed by atoms with E-state index in [0.717, 1.165) is 0 Å². The molecule has 0 amide bonds. The third kappa shape index (κ3) is 9.95. The summed E-state index contributed by atoms with van der Waals surface area (Å²) in [5.74, 6) is 0. The van der Waals surface area contributed by atoms with Gasteiger partial charge in [-0.25, -0.2) is 4.57 Å². The van der Waals surface area contributed by atoms with Crippen LogP contribution in [0.1, 0.15) is 0 Å². The third-order valence-corrected chi connectivity index (χ3v) is 14.3. The Morgan fingerprint density at radius 2 is 0.625 bits per heavy atom. The Morgan fingerprint density at radius 1 is 0.438 bits per heavy atom. The Kier molecular flexibility index (Phi) is 16.3.